The molecular weight excluding hydrogens is 406 g/mol. The minimum Gasteiger partial charge on any atom is -0.467 e. The first-order chi connectivity index (χ1) is 14.1. The van der Waals surface area contributed by atoms with Crippen LogP contribution in [0, 0.1) is 0 Å². The summed E-state index contributed by atoms with van der Waals surface area (Å²) in [6.45, 7) is 0. The molecule has 4 aromatic rings. The van der Waals surface area contributed by atoms with E-state index in [1.807, 2.05) is 52.7 Å². The molecule has 29 heavy (non-hydrogen) atoms. The summed E-state index contributed by atoms with van der Waals surface area (Å²) >= 11 is 3.11. The molecule has 6 nitrogen and oxygen atoms in total. The minimum atomic E-state index is -0.762. The molecular formula is C21H19N3O3S2. The highest BCUT2D eigenvalue weighted by Gasteiger charge is 2.23. The van der Waals surface area contributed by atoms with Gasteiger partial charge < -0.3 is 15.0 Å². The fourth-order valence-corrected chi connectivity index (χ4v) is 4.70. The number of benzene rings is 1. The molecule has 1 amide bonds. The van der Waals surface area contributed by atoms with Gasteiger partial charge in [-0.25, -0.2) is 9.78 Å². The van der Waals surface area contributed by atoms with Crippen molar-refractivity contribution in [1.29, 1.82) is 0 Å². The van der Waals surface area contributed by atoms with Gasteiger partial charge in [-0.2, -0.15) is 11.3 Å². The van der Waals surface area contributed by atoms with E-state index < -0.39 is 12.0 Å². The lowest BCUT2D eigenvalue weighted by Crippen LogP contribution is -2.43. The van der Waals surface area contributed by atoms with Gasteiger partial charge in [0.2, 0.25) is 5.91 Å². The first-order valence-corrected chi connectivity index (χ1v) is 10.9. The van der Waals surface area contributed by atoms with E-state index in [2.05, 4.69) is 15.3 Å². The van der Waals surface area contributed by atoms with Crippen LogP contribution in [0.15, 0.2) is 52.7 Å². The Balaban J connectivity index is 1.45. The van der Waals surface area contributed by atoms with Crippen LogP contribution in [0.2, 0.25) is 0 Å². The summed E-state index contributed by atoms with van der Waals surface area (Å²) in [4.78, 5) is 32.5. The van der Waals surface area contributed by atoms with Crippen LogP contribution in [-0.2, 0) is 27.2 Å². The number of thiophene rings is 1. The lowest BCUT2D eigenvalue weighted by atomic mass is 10.0. The average Bonchev–Trinajstić information content (AvgIpc) is 3.48. The summed E-state index contributed by atoms with van der Waals surface area (Å²) in [7, 11) is 1.32. The Morgan fingerprint density at radius 3 is 2.90 bits per heavy atom. The lowest BCUT2D eigenvalue weighted by molar-refractivity contribution is -0.145. The Morgan fingerprint density at radius 2 is 2.10 bits per heavy atom. The van der Waals surface area contributed by atoms with Gasteiger partial charge in [-0.3, -0.25) is 4.79 Å². The number of methoxy groups -OCH3 is 1. The summed E-state index contributed by atoms with van der Waals surface area (Å²) in [5.41, 5.74) is 3.67. The van der Waals surface area contributed by atoms with Crippen LogP contribution < -0.4 is 5.32 Å². The highest BCUT2D eigenvalue weighted by Crippen LogP contribution is 2.26. The molecule has 0 saturated carbocycles. The molecule has 0 fully saturated rings. The molecule has 0 radical (unpaired) electrons. The molecule has 0 unspecified atom stereocenters. The zero-order valence-electron chi connectivity index (χ0n) is 15.7. The van der Waals surface area contributed by atoms with Crippen LogP contribution in [-0.4, -0.2) is 35.0 Å². The second-order valence-electron chi connectivity index (χ2n) is 6.54. The number of carbonyl (C=O) groups is 2. The molecule has 1 atom stereocenters. The number of amides is 1. The van der Waals surface area contributed by atoms with Gasteiger partial charge in [0.05, 0.1) is 19.2 Å². The number of hydrogen-bond donors (Lipinski definition) is 2. The topological polar surface area (TPSA) is 84.1 Å². The largest absolute Gasteiger partial charge is 0.467 e. The average molecular weight is 426 g/mol. The quantitative estimate of drug-likeness (QED) is 0.441. The number of aromatic amines is 1. The highest BCUT2D eigenvalue weighted by atomic mass is 32.1. The normalized spacial score (nSPS) is 12.0. The Morgan fingerprint density at radius 1 is 1.24 bits per heavy atom. The third-order valence-electron chi connectivity index (χ3n) is 4.58. The van der Waals surface area contributed by atoms with Gasteiger partial charge in [-0.1, -0.05) is 18.2 Å². The Hall–Kier alpha value is -2.97. The standard InChI is InChI=1S/C21H19N3O3S2/c1-27-21(26)18(8-14-10-22-17-5-3-2-4-16(14)17)24-19(25)9-15-12-29-20(23-15)13-6-7-28-11-13/h2-7,10-12,18,22H,8-9H2,1H3,(H,24,25)/t18-/m1/s1. The number of hydrogen-bond acceptors (Lipinski definition) is 6. The van der Waals surface area contributed by atoms with Crippen molar-refractivity contribution in [3.63, 3.8) is 0 Å². The number of aromatic nitrogens is 2. The van der Waals surface area contributed by atoms with Gasteiger partial charge >= 0.3 is 5.97 Å². The second kappa shape index (κ2) is 8.59. The molecule has 148 valence electrons. The van der Waals surface area contributed by atoms with Gasteiger partial charge in [-0.05, 0) is 23.1 Å². The van der Waals surface area contributed by atoms with E-state index in [4.69, 9.17) is 4.74 Å². The summed E-state index contributed by atoms with van der Waals surface area (Å²) in [6, 6.07) is 9.08. The number of carbonyl (C=O) groups excluding carboxylic acids is 2. The smallest absolute Gasteiger partial charge is 0.328 e. The Kier molecular flexibility index (Phi) is 5.73. The number of nitrogens with zero attached hydrogens (tertiary/aromatic N) is 1. The van der Waals surface area contributed by atoms with Crippen LogP contribution in [0.5, 0.6) is 0 Å². The molecule has 4 rings (SSSR count). The van der Waals surface area contributed by atoms with Crippen LogP contribution in [0.1, 0.15) is 11.3 Å². The van der Waals surface area contributed by atoms with Crippen molar-refractivity contribution in [3.8, 4) is 10.6 Å². The third kappa shape index (κ3) is 4.38. The van der Waals surface area contributed by atoms with Gasteiger partial charge in [0.15, 0.2) is 0 Å². The number of rotatable bonds is 7. The van der Waals surface area contributed by atoms with Crippen molar-refractivity contribution in [2.45, 2.75) is 18.9 Å². The Labute approximate surface area is 175 Å². The molecule has 0 aliphatic carbocycles. The van der Waals surface area contributed by atoms with Gasteiger partial charge in [-0.15, -0.1) is 11.3 Å². The van der Waals surface area contributed by atoms with Crippen molar-refractivity contribution >= 4 is 45.5 Å². The molecule has 3 heterocycles. The molecule has 0 spiro atoms. The fraction of sp³-hybridized carbons (Fsp3) is 0.190. The number of para-hydroxylation sites is 1. The van der Waals surface area contributed by atoms with Crippen LogP contribution >= 0.6 is 22.7 Å². The minimum absolute atomic E-state index is 0.113. The van der Waals surface area contributed by atoms with E-state index >= 15 is 0 Å². The van der Waals surface area contributed by atoms with Gasteiger partial charge in [0, 0.05) is 39.8 Å². The second-order valence-corrected chi connectivity index (χ2v) is 8.18. The number of H-pyrrole nitrogens is 1. The molecule has 3 aromatic heterocycles. The molecule has 0 saturated heterocycles. The SMILES string of the molecule is COC(=O)[C@@H](Cc1c[nH]c2ccccc12)NC(=O)Cc1csc(-c2ccsc2)n1. The lowest BCUT2D eigenvalue weighted by Gasteiger charge is -2.16. The van der Waals surface area contributed by atoms with Crippen molar-refractivity contribution in [2.24, 2.45) is 0 Å². The van der Waals surface area contributed by atoms with Crippen LogP contribution in [0.3, 0.4) is 0 Å². The maximum absolute atomic E-state index is 12.6. The van der Waals surface area contributed by atoms with Gasteiger partial charge in [0.1, 0.15) is 11.0 Å². The van der Waals surface area contributed by atoms with Crippen molar-refractivity contribution < 1.29 is 14.3 Å². The summed E-state index contributed by atoms with van der Waals surface area (Å²) in [5.74, 6) is -0.733. The first kappa shape index (κ1) is 19.4. The summed E-state index contributed by atoms with van der Waals surface area (Å²) in [5, 5.41) is 10.6. The predicted octanol–water partition coefficient (Wildman–Crippen LogP) is 3.80. The number of thiazole rings is 1. The third-order valence-corrected chi connectivity index (χ3v) is 6.20. The maximum atomic E-state index is 12.6. The van der Waals surface area contributed by atoms with E-state index in [0.717, 1.165) is 27.0 Å². The fourth-order valence-electron chi connectivity index (χ4n) is 3.17. The van der Waals surface area contributed by atoms with E-state index in [0.29, 0.717) is 12.1 Å². The van der Waals surface area contributed by atoms with Crippen LogP contribution in [0.4, 0.5) is 0 Å². The number of ether oxygens (including phenoxy) is 1. The molecule has 8 heteroatoms. The Bertz CT molecular complexity index is 1130. The molecule has 2 N–H and O–H groups in total. The van der Waals surface area contributed by atoms with Crippen molar-refractivity contribution in [1.82, 2.24) is 15.3 Å². The monoisotopic (exact) mass is 425 g/mol. The van der Waals surface area contributed by atoms with Crippen LogP contribution in [0.25, 0.3) is 21.5 Å². The van der Waals surface area contributed by atoms with Crippen molar-refractivity contribution in [2.75, 3.05) is 7.11 Å². The van der Waals surface area contributed by atoms with Gasteiger partial charge in [0.25, 0.3) is 0 Å². The summed E-state index contributed by atoms with van der Waals surface area (Å²) < 4.78 is 4.90. The number of esters is 1. The highest BCUT2D eigenvalue weighted by molar-refractivity contribution is 7.14. The molecule has 1 aromatic carbocycles. The zero-order valence-corrected chi connectivity index (χ0v) is 17.3. The first-order valence-electron chi connectivity index (χ1n) is 9.03. The maximum Gasteiger partial charge on any atom is 0.328 e. The zero-order chi connectivity index (χ0) is 20.2. The van der Waals surface area contributed by atoms with E-state index in [9.17, 15) is 9.59 Å². The number of fused-ring (bicyclic) bond motifs is 1. The predicted molar refractivity (Wildman–Crippen MR) is 115 cm³/mol. The number of nitrogens with one attached hydrogen (secondary N) is 2. The molecule has 0 aliphatic heterocycles. The van der Waals surface area contributed by atoms with E-state index in [1.165, 1.54) is 18.4 Å². The summed E-state index contributed by atoms with van der Waals surface area (Å²) in [6.07, 6.45) is 2.32. The van der Waals surface area contributed by atoms with E-state index in [1.54, 1.807) is 11.3 Å². The van der Waals surface area contributed by atoms with E-state index in [-0.39, 0.29) is 12.3 Å². The molecule has 0 bridgehead atoms. The molecule has 0 aliphatic rings. The van der Waals surface area contributed by atoms with Crippen molar-refractivity contribution in [3.05, 3.63) is 63.9 Å².